The van der Waals surface area contributed by atoms with Gasteiger partial charge in [0.1, 0.15) is 0 Å². The van der Waals surface area contributed by atoms with Crippen LogP contribution in [0.2, 0.25) is 0 Å². The first-order chi connectivity index (χ1) is 17.8. The Morgan fingerprint density at radius 2 is 1.89 bits per heavy atom. The molecule has 184 valence electrons. The van der Waals surface area contributed by atoms with Gasteiger partial charge in [-0.3, -0.25) is 24.3 Å². The summed E-state index contributed by atoms with van der Waals surface area (Å²) in [5.41, 5.74) is 5.90. The Morgan fingerprint density at radius 1 is 0.972 bits per heavy atom. The molecule has 2 aliphatic heterocycles. The zero-order chi connectivity index (χ0) is 24.3. The largest absolute Gasteiger partial charge is 0.378 e. The number of nitrogens with zero attached hydrogens (tertiary/aromatic N) is 7. The number of carbonyl (C=O) groups excluding carboxylic acids is 1. The van der Waals surface area contributed by atoms with Gasteiger partial charge in [-0.25, -0.2) is 0 Å². The molecule has 0 unspecified atom stereocenters. The lowest BCUT2D eigenvalue weighted by molar-refractivity contribution is 0.0297. The fraction of sp³-hybridized carbons (Fsp3) is 0.333. The number of aromatic nitrogens is 5. The van der Waals surface area contributed by atoms with Crippen LogP contribution in [-0.4, -0.2) is 72.9 Å². The number of morpholine rings is 1. The lowest BCUT2D eigenvalue weighted by Crippen LogP contribution is -2.41. The molecule has 6 rings (SSSR count). The second-order valence-corrected chi connectivity index (χ2v) is 9.20. The first-order valence-electron chi connectivity index (χ1n) is 12.4. The average Bonchev–Trinajstić information content (AvgIpc) is 3.54. The highest BCUT2D eigenvalue weighted by atomic mass is 16.5. The maximum atomic E-state index is 13.5. The number of carbonyl (C=O) groups is 1. The van der Waals surface area contributed by atoms with Gasteiger partial charge in [0.15, 0.2) is 5.69 Å². The molecule has 2 aliphatic rings. The molecular formula is C27H29N7O2. The average molecular weight is 484 g/mol. The van der Waals surface area contributed by atoms with Gasteiger partial charge in [0.05, 0.1) is 37.3 Å². The molecular weight excluding hydrogens is 454 g/mol. The number of ether oxygens (including phenoxy) is 1. The van der Waals surface area contributed by atoms with Gasteiger partial charge in [0.25, 0.3) is 5.91 Å². The molecule has 1 saturated heterocycles. The minimum atomic E-state index is -0.00472. The molecule has 9 nitrogen and oxygen atoms in total. The van der Waals surface area contributed by atoms with Crippen molar-refractivity contribution in [2.24, 2.45) is 0 Å². The van der Waals surface area contributed by atoms with Crippen LogP contribution in [0.25, 0.3) is 5.69 Å². The monoisotopic (exact) mass is 483 g/mol. The fourth-order valence-electron chi connectivity index (χ4n) is 5.07. The molecule has 4 aromatic rings. The first-order valence-corrected chi connectivity index (χ1v) is 12.4. The summed E-state index contributed by atoms with van der Waals surface area (Å²) in [6, 6.07) is 14.1. The van der Waals surface area contributed by atoms with Crippen LogP contribution in [0, 0.1) is 0 Å². The maximum absolute atomic E-state index is 13.5. The van der Waals surface area contributed by atoms with E-state index in [1.54, 1.807) is 12.4 Å². The number of amides is 1. The van der Waals surface area contributed by atoms with Crippen molar-refractivity contribution >= 4 is 5.91 Å². The van der Waals surface area contributed by atoms with Crippen molar-refractivity contribution < 1.29 is 9.53 Å². The van der Waals surface area contributed by atoms with Crippen LogP contribution in [0.4, 0.5) is 0 Å². The summed E-state index contributed by atoms with van der Waals surface area (Å²) in [6.45, 7) is 5.25. The molecule has 36 heavy (non-hydrogen) atoms. The first kappa shape index (κ1) is 22.6. The van der Waals surface area contributed by atoms with Crippen molar-refractivity contribution in [3.63, 3.8) is 0 Å². The van der Waals surface area contributed by atoms with Gasteiger partial charge in [-0.15, -0.1) is 0 Å². The van der Waals surface area contributed by atoms with E-state index in [-0.39, 0.29) is 5.91 Å². The Morgan fingerprint density at radius 3 is 2.69 bits per heavy atom. The molecule has 0 atom stereocenters. The van der Waals surface area contributed by atoms with Gasteiger partial charge in [-0.05, 0) is 36.4 Å². The van der Waals surface area contributed by atoms with Crippen LogP contribution in [0.3, 0.4) is 0 Å². The highest BCUT2D eigenvalue weighted by Crippen LogP contribution is 2.26. The van der Waals surface area contributed by atoms with Crippen LogP contribution >= 0.6 is 0 Å². The maximum Gasteiger partial charge on any atom is 0.274 e. The van der Waals surface area contributed by atoms with E-state index in [2.05, 4.69) is 43.8 Å². The van der Waals surface area contributed by atoms with E-state index in [4.69, 9.17) is 9.84 Å². The van der Waals surface area contributed by atoms with E-state index in [1.807, 2.05) is 40.0 Å². The van der Waals surface area contributed by atoms with Gasteiger partial charge >= 0.3 is 0 Å². The van der Waals surface area contributed by atoms with E-state index >= 15 is 0 Å². The molecule has 1 fully saturated rings. The van der Waals surface area contributed by atoms with Crippen molar-refractivity contribution in [3.05, 3.63) is 95.6 Å². The van der Waals surface area contributed by atoms with E-state index < -0.39 is 0 Å². The summed E-state index contributed by atoms with van der Waals surface area (Å²) in [4.78, 5) is 26.6. The second-order valence-electron chi connectivity index (χ2n) is 9.20. The molecule has 0 aromatic carbocycles. The zero-order valence-corrected chi connectivity index (χ0v) is 20.2. The summed E-state index contributed by atoms with van der Waals surface area (Å²) in [6.07, 6.45) is 8.36. The minimum absolute atomic E-state index is 0.00472. The van der Waals surface area contributed by atoms with Crippen LogP contribution in [0.5, 0.6) is 0 Å². The molecule has 6 heterocycles. The highest BCUT2D eigenvalue weighted by molar-refractivity contribution is 5.94. The van der Waals surface area contributed by atoms with Gasteiger partial charge in [0, 0.05) is 74.7 Å². The van der Waals surface area contributed by atoms with Crippen LogP contribution in [0.1, 0.15) is 33.1 Å². The molecule has 0 radical (unpaired) electrons. The Bertz CT molecular complexity index is 1330. The molecule has 0 bridgehead atoms. The van der Waals surface area contributed by atoms with Crippen LogP contribution in [0.15, 0.2) is 67.3 Å². The van der Waals surface area contributed by atoms with Gasteiger partial charge < -0.3 is 14.2 Å². The third-order valence-corrected chi connectivity index (χ3v) is 6.89. The van der Waals surface area contributed by atoms with E-state index in [9.17, 15) is 4.79 Å². The molecule has 0 spiro atoms. The molecule has 4 aromatic heterocycles. The number of rotatable bonds is 6. The molecule has 0 saturated carbocycles. The number of pyridine rings is 2. The Labute approximate surface area is 210 Å². The zero-order valence-electron chi connectivity index (χ0n) is 20.2. The van der Waals surface area contributed by atoms with Gasteiger partial charge in [-0.1, -0.05) is 6.07 Å². The fourth-order valence-corrected chi connectivity index (χ4v) is 5.07. The van der Waals surface area contributed by atoms with Crippen molar-refractivity contribution in [1.29, 1.82) is 0 Å². The Balaban J connectivity index is 1.29. The minimum Gasteiger partial charge on any atom is -0.378 e. The lowest BCUT2D eigenvalue weighted by atomic mass is 10.0. The predicted octanol–water partition coefficient (Wildman–Crippen LogP) is 2.54. The van der Waals surface area contributed by atoms with Crippen molar-refractivity contribution in [1.82, 2.24) is 34.1 Å². The number of hydrogen-bond donors (Lipinski definition) is 0. The highest BCUT2D eigenvalue weighted by Gasteiger charge is 2.31. The van der Waals surface area contributed by atoms with E-state index in [1.165, 1.54) is 5.69 Å². The second kappa shape index (κ2) is 10.0. The van der Waals surface area contributed by atoms with E-state index in [0.29, 0.717) is 45.1 Å². The molecule has 1 amide bonds. The summed E-state index contributed by atoms with van der Waals surface area (Å²) in [5, 5.41) is 4.86. The Kier molecular flexibility index (Phi) is 6.31. The molecule has 0 N–H and O–H groups in total. The van der Waals surface area contributed by atoms with Crippen LogP contribution in [-0.2, 0) is 30.8 Å². The normalized spacial score (nSPS) is 16.2. The Hall–Kier alpha value is -3.82. The smallest absolute Gasteiger partial charge is 0.274 e. The van der Waals surface area contributed by atoms with Crippen LogP contribution < -0.4 is 0 Å². The van der Waals surface area contributed by atoms with Crippen molar-refractivity contribution in [3.8, 4) is 5.69 Å². The SMILES string of the molecule is O=C(c1nn(Cc2ccccn2)c2c1CN(Cc1cccn1-c1cccnc1)CC2)N1CCOCC1. The van der Waals surface area contributed by atoms with Crippen molar-refractivity contribution in [2.75, 3.05) is 32.8 Å². The summed E-state index contributed by atoms with van der Waals surface area (Å²) < 4.78 is 9.62. The topological polar surface area (TPSA) is 81.3 Å². The quantitative estimate of drug-likeness (QED) is 0.419. The molecule has 0 aliphatic carbocycles. The summed E-state index contributed by atoms with van der Waals surface area (Å²) >= 11 is 0. The summed E-state index contributed by atoms with van der Waals surface area (Å²) in [7, 11) is 0. The number of fused-ring (bicyclic) bond motifs is 1. The van der Waals surface area contributed by atoms with Crippen molar-refractivity contribution in [2.45, 2.75) is 26.1 Å². The predicted molar refractivity (Wildman–Crippen MR) is 134 cm³/mol. The molecule has 9 heteroatoms. The van der Waals surface area contributed by atoms with Gasteiger partial charge in [-0.2, -0.15) is 5.10 Å². The number of hydrogen-bond acceptors (Lipinski definition) is 6. The standard InChI is InChI=1S/C27H29N7O2/c35-27(32-13-15-36-16-14-32)26-24-20-31(19-23-7-4-11-33(23)22-6-3-9-28-17-22)12-8-25(24)34(30-26)18-21-5-1-2-10-29-21/h1-7,9-11,17H,8,12-16,18-20H2. The van der Waals surface area contributed by atoms with Gasteiger partial charge in [0.2, 0.25) is 0 Å². The third-order valence-electron chi connectivity index (χ3n) is 6.89. The third kappa shape index (κ3) is 4.55. The lowest BCUT2D eigenvalue weighted by Gasteiger charge is -2.29. The summed E-state index contributed by atoms with van der Waals surface area (Å²) in [5.74, 6) is -0.00472. The van der Waals surface area contributed by atoms with E-state index in [0.717, 1.165) is 42.1 Å².